The van der Waals surface area contributed by atoms with Crippen LogP contribution in [0.15, 0.2) is 52.6 Å². The van der Waals surface area contributed by atoms with Gasteiger partial charge in [-0.2, -0.15) is 11.8 Å². The lowest BCUT2D eigenvalue weighted by atomic mass is 10.2. The summed E-state index contributed by atoms with van der Waals surface area (Å²) in [6.07, 6.45) is 11.3. The lowest BCUT2D eigenvalue weighted by Gasteiger charge is -2.23. The van der Waals surface area contributed by atoms with Crippen LogP contribution in [-0.2, 0) is 4.74 Å². The molecule has 0 aromatic carbocycles. The molecule has 1 saturated heterocycles. The number of ether oxygens (including phenoxy) is 1. The highest BCUT2D eigenvalue weighted by atomic mass is 79.9. The number of hydrogen-bond acceptors (Lipinski definition) is 4. The van der Waals surface area contributed by atoms with Gasteiger partial charge < -0.3 is 15.0 Å². The summed E-state index contributed by atoms with van der Waals surface area (Å²) in [5.41, 5.74) is 1.15. The highest BCUT2D eigenvalue weighted by molar-refractivity contribution is 9.11. The molecule has 1 heterocycles. The van der Waals surface area contributed by atoms with Gasteiger partial charge in [-0.25, -0.2) is 4.79 Å². The van der Waals surface area contributed by atoms with Gasteiger partial charge in [0.2, 0.25) is 0 Å². The summed E-state index contributed by atoms with van der Waals surface area (Å²) in [5.74, 6) is 0. The summed E-state index contributed by atoms with van der Waals surface area (Å²) in [7, 11) is 1.68. The van der Waals surface area contributed by atoms with E-state index in [0.29, 0.717) is 0 Å². The molecule has 160 valence electrons. The zero-order chi connectivity index (χ0) is 22.2. The van der Waals surface area contributed by atoms with Crippen LogP contribution in [0.2, 0.25) is 0 Å². The fourth-order valence-corrected chi connectivity index (χ4v) is 1.89. The SMILES string of the molecule is C=C(Br)/C=C\C(=C)C(=C)NC=NC.CC(C)(C)OC(=O)N1CCCC1.CSC. The van der Waals surface area contributed by atoms with Gasteiger partial charge in [0.15, 0.2) is 0 Å². The number of rotatable bonds is 5. The van der Waals surface area contributed by atoms with E-state index in [0.717, 1.165) is 41.7 Å². The number of nitrogens with zero attached hydrogens (tertiary/aromatic N) is 2. The minimum absolute atomic E-state index is 0.167. The van der Waals surface area contributed by atoms with Crippen LogP contribution in [0.25, 0.3) is 0 Å². The Morgan fingerprint density at radius 2 is 1.68 bits per heavy atom. The van der Waals surface area contributed by atoms with E-state index in [1.807, 2.05) is 39.4 Å². The van der Waals surface area contributed by atoms with E-state index in [1.54, 1.807) is 36.1 Å². The van der Waals surface area contributed by atoms with Crippen molar-refractivity contribution in [2.75, 3.05) is 32.6 Å². The van der Waals surface area contributed by atoms with Gasteiger partial charge in [0, 0.05) is 30.3 Å². The number of carbonyl (C=O) groups excluding carboxylic acids is 1. The molecule has 1 aliphatic rings. The Morgan fingerprint density at radius 3 is 2.07 bits per heavy atom. The molecule has 5 nitrogen and oxygen atoms in total. The summed E-state index contributed by atoms with van der Waals surface area (Å²) in [6, 6.07) is 0. The van der Waals surface area contributed by atoms with Crippen molar-refractivity contribution >= 4 is 40.1 Å². The molecule has 7 heteroatoms. The fourth-order valence-electron chi connectivity index (χ4n) is 1.75. The van der Waals surface area contributed by atoms with Crippen LogP contribution >= 0.6 is 27.7 Å². The zero-order valence-electron chi connectivity index (χ0n) is 18.2. The van der Waals surface area contributed by atoms with Crippen LogP contribution in [0.5, 0.6) is 0 Å². The molecule has 0 aromatic rings. The molecule has 0 spiro atoms. The lowest BCUT2D eigenvalue weighted by Crippen LogP contribution is -2.34. The zero-order valence-corrected chi connectivity index (χ0v) is 20.6. The maximum absolute atomic E-state index is 11.4. The maximum Gasteiger partial charge on any atom is 0.410 e. The molecule has 0 atom stereocenters. The van der Waals surface area contributed by atoms with Crippen molar-refractivity contribution in [3.63, 3.8) is 0 Å². The fraction of sp³-hybridized carbons (Fsp3) is 0.524. The molecule has 1 amide bonds. The molecule has 0 aromatic heterocycles. The number of allylic oxidation sites excluding steroid dienone is 3. The predicted molar refractivity (Wildman–Crippen MR) is 130 cm³/mol. The number of halogens is 1. The normalized spacial score (nSPS) is 13.3. The van der Waals surface area contributed by atoms with Gasteiger partial charge in [-0.3, -0.25) is 4.99 Å². The molecule has 0 radical (unpaired) electrons. The molecular weight excluding hydrogens is 438 g/mol. The van der Waals surface area contributed by atoms with E-state index >= 15 is 0 Å². The van der Waals surface area contributed by atoms with Crippen molar-refractivity contribution in [2.45, 2.75) is 39.2 Å². The van der Waals surface area contributed by atoms with Crippen molar-refractivity contribution in [1.82, 2.24) is 10.2 Å². The number of nitrogens with one attached hydrogen (secondary N) is 1. The van der Waals surface area contributed by atoms with E-state index in [1.165, 1.54) is 0 Å². The Labute approximate surface area is 184 Å². The molecule has 28 heavy (non-hydrogen) atoms. The minimum Gasteiger partial charge on any atom is -0.444 e. The van der Waals surface area contributed by atoms with E-state index in [2.05, 4.69) is 46.0 Å². The minimum atomic E-state index is -0.361. The highest BCUT2D eigenvalue weighted by Gasteiger charge is 2.23. The van der Waals surface area contributed by atoms with E-state index < -0.39 is 0 Å². The van der Waals surface area contributed by atoms with Crippen molar-refractivity contribution in [2.24, 2.45) is 4.99 Å². The quantitative estimate of drug-likeness (QED) is 0.313. The summed E-state index contributed by atoms with van der Waals surface area (Å²) in [4.78, 5) is 16.9. The largest absolute Gasteiger partial charge is 0.444 e. The third kappa shape index (κ3) is 17.9. The van der Waals surface area contributed by atoms with Crippen molar-refractivity contribution in [3.05, 3.63) is 47.6 Å². The topological polar surface area (TPSA) is 53.9 Å². The second-order valence-corrected chi connectivity index (χ2v) is 8.73. The number of aliphatic imine (C=N–C) groups is 1. The maximum atomic E-state index is 11.4. The predicted octanol–water partition coefficient (Wildman–Crippen LogP) is 5.77. The van der Waals surface area contributed by atoms with Crippen molar-refractivity contribution < 1.29 is 9.53 Å². The van der Waals surface area contributed by atoms with Crippen LogP contribution in [0, 0.1) is 0 Å². The summed E-state index contributed by atoms with van der Waals surface area (Å²) in [5, 5.41) is 2.87. The van der Waals surface area contributed by atoms with Gasteiger partial charge in [0.05, 0.1) is 6.34 Å². The molecular formula is C21H36BrN3O2S. The van der Waals surface area contributed by atoms with Crippen molar-refractivity contribution in [3.8, 4) is 0 Å². The Kier molecular flexibility index (Phi) is 16.9. The monoisotopic (exact) mass is 473 g/mol. The van der Waals surface area contributed by atoms with Crippen LogP contribution in [0.3, 0.4) is 0 Å². The number of amides is 1. The standard InChI is InChI=1S/C10H13BrN2.C9H17NO2.C2H6S/c1-8(5-6-9(2)11)10(3)13-7-12-4;1-9(2,3)12-8(11)10-6-4-5-7-10;1-3-2/h5-7H,1-3H2,4H3,(H,12,13);4-7H2,1-3H3;1-2H3/b6-5-;;. The first-order chi connectivity index (χ1) is 13.0. The first-order valence-electron chi connectivity index (χ1n) is 8.94. The van der Waals surface area contributed by atoms with E-state index in [4.69, 9.17) is 4.74 Å². The molecule has 0 aliphatic carbocycles. The van der Waals surface area contributed by atoms with E-state index in [9.17, 15) is 4.79 Å². The molecule has 0 unspecified atom stereocenters. The number of carbonyl (C=O) groups is 1. The Bertz CT molecular complexity index is 560. The first kappa shape index (κ1) is 28.7. The second-order valence-electron chi connectivity index (χ2n) is 6.90. The van der Waals surface area contributed by atoms with E-state index in [-0.39, 0.29) is 11.7 Å². The molecule has 0 saturated carbocycles. The molecule has 0 bridgehead atoms. The van der Waals surface area contributed by atoms with Crippen LogP contribution < -0.4 is 5.32 Å². The smallest absolute Gasteiger partial charge is 0.410 e. The van der Waals surface area contributed by atoms with Crippen LogP contribution in [0.4, 0.5) is 4.79 Å². The third-order valence-electron chi connectivity index (χ3n) is 2.98. The van der Waals surface area contributed by atoms with Gasteiger partial charge >= 0.3 is 6.09 Å². The highest BCUT2D eigenvalue weighted by Crippen LogP contribution is 2.14. The lowest BCUT2D eigenvalue weighted by molar-refractivity contribution is 0.0295. The van der Waals surface area contributed by atoms with Gasteiger partial charge in [-0.05, 0) is 57.8 Å². The van der Waals surface area contributed by atoms with Crippen LogP contribution in [-0.4, -0.2) is 55.6 Å². The second kappa shape index (κ2) is 16.5. The molecule has 1 fully saturated rings. The van der Waals surface area contributed by atoms with Crippen molar-refractivity contribution in [1.29, 1.82) is 0 Å². The molecule has 1 N–H and O–H groups in total. The van der Waals surface area contributed by atoms with Gasteiger partial charge in [-0.1, -0.05) is 41.7 Å². The average molecular weight is 475 g/mol. The summed E-state index contributed by atoms with van der Waals surface area (Å²) >= 11 is 4.96. The van der Waals surface area contributed by atoms with Gasteiger partial charge in [0.25, 0.3) is 0 Å². The first-order valence-corrected chi connectivity index (χ1v) is 11.4. The Hall–Kier alpha value is -1.47. The summed E-state index contributed by atoms with van der Waals surface area (Å²) in [6.45, 7) is 18.6. The number of likely N-dealkylation sites (tertiary alicyclic amines) is 1. The number of hydrogen-bond donors (Lipinski definition) is 1. The Balaban J connectivity index is 0. The number of thioether (sulfide) groups is 1. The molecule has 1 rings (SSSR count). The van der Waals surface area contributed by atoms with Gasteiger partial charge in [-0.15, -0.1) is 0 Å². The average Bonchev–Trinajstić information content (AvgIpc) is 3.12. The van der Waals surface area contributed by atoms with Gasteiger partial charge in [0.1, 0.15) is 5.60 Å². The summed E-state index contributed by atoms with van der Waals surface area (Å²) < 4.78 is 6.01. The molecule has 1 aliphatic heterocycles. The van der Waals surface area contributed by atoms with Crippen LogP contribution in [0.1, 0.15) is 33.6 Å². The Morgan fingerprint density at radius 1 is 1.18 bits per heavy atom. The third-order valence-corrected chi connectivity index (χ3v) is 3.24.